The van der Waals surface area contributed by atoms with Crippen LogP contribution in [0.5, 0.6) is 5.75 Å². The molecule has 0 unspecified atom stereocenters. The lowest BCUT2D eigenvalue weighted by Gasteiger charge is -2.33. The maximum atomic E-state index is 14.4. The number of phenolic OH excluding ortho intramolecular Hbond substituents is 1. The molecule has 3 rings (SSSR count). The first-order valence-electron chi connectivity index (χ1n) is 20.7. The molecule has 9 atom stereocenters. The van der Waals surface area contributed by atoms with Crippen molar-refractivity contribution >= 4 is 65.2 Å². The SMILES string of the molecule is CC(C)[C@H](NC(=O)[C@@H]1CCCN1C(=O)[C@@H](NC(=O)[C@@H](N)CC(=O)O)[C@@H](C)O)C(=O)N[C@@H](Cc1ccc(O)cc1)C(=O)N1CCC[C@H]1C(=O)N[C@@H](CC(=O)O)C(=O)N[C@@H](CC(N)=O)C(=O)O. The van der Waals surface area contributed by atoms with E-state index in [4.69, 9.17) is 16.6 Å². The van der Waals surface area contributed by atoms with Crippen LogP contribution in [-0.4, -0.2) is 168 Å². The van der Waals surface area contributed by atoms with Crippen molar-refractivity contribution in [2.75, 3.05) is 13.1 Å². The standard InChI is InChI=1S/C40H57N9O16/c1-18(2)31(46-36(60)27-7-5-13-49(27)39(63)32(19(3)50)47-33(57)22(41)15-29(53)54)37(61)44-24(14-20-8-10-21(51)11-9-20)38(62)48-12-4-6-26(48)35(59)43-23(17-30(55)56)34(58)45-25(40(64)65)16-28(42)52/h8-11,18-19,22-27,31-32,50-51H,4-7,12-17,41H2,1-3H3,(H2,42,52)(H,43,59)(H,44,61)(H,45,58)(H,46,60)(H,47,57)(H,53,54)(H,55,56)(H,64,65)/t19-,22+,23+,24+,25+,26+,27+,31+,32+/m1/s1. The van der Waals surface area contributed by atoms with Gasteiger partial charge in [-0.1, -0.05) is 26.0 Å². The Kier molecular flexibility index (Phi) is 19.1. The number of carboxylic acid groups (broad SMARTS) is 3. The molecule has 25 heteroatoms. The van der Waals surface area contributed by atoms with Gasteiger partial charge in [0.1, 0.15) is 48.0 Å². The van der Waals surface area contributed by atoms with E-state index in [0.29, 0.717) is 12.0 Å². The highest BCUT2D eigenvalue weighted by atomic mass is 16.4. The minimum atomic E-state index is -1.86. The smallest absolute Gasteiger partial charge is 0.326 e. The molecule has 0 aliphatic carbocycles. The predicted octanol–water partition coefficient (Wildman–Crippen LogP) is -4.39. The van der Waals surface area contributed by atoms with Crippen LogP contribution in [0.25, 0.3) is 0 Å². The van der Waals surface area contributed by atoms with Crippen molar-refractivity contribution in [2.45, 2.75) is 127 Å². The molecule has 8 amide bonds. The summed E-state index contributed by atoms with van der Waals surface area (Å²) in [5.41, 5.74) is 11.1. The number of carbonyl (C=O) groups is 11. The summed E-state index contributed by atoms with van der Waals surface area (Å²) in [4.78, 5) is 143. The number of phenols is 1. The molecule has 0 saturated carbocycles. The molecular weight excluding hydrogens is 862 g/mol. The third-order valence-electron chi connectivity index (χ3n) is 10.7. The van der Waals surface area contributed by atoms with Gasteiger partial charge >= 0.3 is 17.9 Å². The lowest BCUT2D eigenvalue weighted by molar-refractivity contribution is -0.146. The lowest BCUT2D eigenvalue weighted by Crippen LogP contribution is -2.61. The second-order valence-corrected chi connectivity index (χ2v) is 16.2. The molecule has 0 aromatic heterocycles. The number of aromatic hydroxyl groups is 1. The molecular formula is C40H57N9O16. The number of rotatable bonds is 23. The van der Waals surface area contributed by atoms with Gasteiger partial charge in [0.15, 0.2) is 0 Å². The van der Waals surface area contributed by atoms with E-state index >= 15 is 0 Å². The number of primary amides is 1. The summed E-state index contributed by atoms with van der Waals surface area (Å²) in [7, 11) is 0. The number of nitrogens with two attached hydrogens (primary N) is 2. The maximum Gasteiger partial charge on any atom is 0.326 e. The molecule has 2 saturated heterocycles. The van der Waals surface area contributed by atoms with Crippen molar-refractivity contribution in [3.63, 3.8) is 0 Å². The van der Waals surface area contributed by atoms with E-state index in [-0.39, 0.29) is 44.5 Å². The predicted molar refractivity (Wildman–Crippen MR) is 221 cm³/mol. The van der Waals surface area contributed by atoms with Crippen LogP contribution in [0.4, 0.5) is 0 Å². The first kappa shape index (κ1) is 52.5. The van der Waals surface area contributed by atoms with Crippen molar-refractivity contribution in [2.24, 2.45) is 17.4 Å². The van der Waals surface area contributed by atoms with E-state index in [1.54, 1.807) is 13.8 Å². The average molecular weight is 920 g/mol. The van der Waals surface area contributed by atoms with Crippen molar-refractivity contribution < 1.29 is 78.3 Å². The zero-order valence-corrected chi connectivity index (χ0v) is 35.9. The Bertz CT molecular complexity index is 1980. The van der Waals surface area contributed by atoms with Crippen LogP contribution >= 0.6 is 0 Å². The number of aliphatic carboxylic acids is 3. The number of aliphatic hydroxyl groups excluding tert-OH is 1. The molecule has 0 spiro atoms. The monoisotopic (exact) mass is 919 g/mol. The quantitative estimate of drug-likeness (QED) is 0.0493. The number of aliphatic hydroxyl groups is 1. The maximum absolute atomic E-state index is 14.4. The molecule has 2 aliphatic rings. The van der Waals surface area contributed by atoms with E-state index < -0.39 is 145 Å². The Labute approximate surface area is 372 Å². The highest BCUT2D eigenvalue weighted by molar-refractivity contribution is 5.99. The minimum absolute atomic E-state index is 0.0173. The van der Waals surface area contributed by atoms with Crippen LogP contribution in [-0.2, 0) is 59.2 Å². The summed E-state index contributed by atoms with van der Waals surface area (Å²) in [6, 6.07) is -6.53. The van der Waals surface area contributed by atoms with Gasteiger partial charge in [0, 0.05) is 19.5 Å². The summed E-state index contributed by atoms with van der Waals surface area (Å²) >= 11 is 0. The third-order valence-corrected chi connectivity index (χ3v) is 10.7. The Hall–Kier alpha value is -6.89. The Morgan fingerprint density at radius 1 is 0.646 bits per heavy atom. The van der Waals surface area contributed by atoms with Gasteiger partial charge in [-0.3, -0.25) is 47.9 Å². The number of nitrogens with zero attached hydrogens (tertiary/aromatic N) is 2. The fourth-order valence-electron chi connectivity index (χ4n) is 7.35. The molecule has 14 N–H and O–H groups in total. The summed E-state index contributed by atoms with van der Waals surface area (Å²) in [6.07, 6.45) is -3.62. The number of benzene rings is 1. The minimum Gasteiger partial charge on any atom is -0.508 e. The van der Waals surface area contributed by atoms with Gasteiger partial charge in [-0.05, 0) is 56.2 Å². The second-order valence-electron chi connectivity index (χ2n) is 16.2. The zero-order valence-electron chi connectivity index (χ0n) is 35.9. The number of nitrogens with one attached hydrogen (secondary N) is 5. The Balaban J connectivity index is 1.85. The molecule has 1 aromatic carbocycles. The molecule has 2 fully saturated rings. The molecule has 1 aromatic rings. The number of carbonyl (C=O) groups excluding carboxylic acids is 8. The summed E-state index contributed by atoms with van der Waals surface area (Å²) < 4.78 is 0. The topological polar surface area (TPSA) is 408 Å². The van der Waals surface area contributed by atoms with E-state index in [1.807, 2.05) is 5.32 Å². The van der Waals surface area contributed by atoms with Gasteiger partial charge in [-0.2, -0.15) is 0 Å². The second kappa shape index (κ2) is 23.7. The van der Waals surface area contributed by atoms with Gasteiger partial charge in [0.25, 0.3) is 0 Å². The van der Waals surface area contributed by atoms with Crippen LogP contribution in [0, 0.1) is 5.92 Å². The first-order valence-corrected chi connectivity index (χ1v) is 20.7. The first-order chi connectivity index (χ1) is 30.4. The highest BCUT2D eigenvalue weighted by Gasteiger charge is 2.43. The lowest BCUT2D eigenvalue weighted by atomic mass is 9.99. The van der Waals surface area contributed by atoms with Gasteiger partial charge in [0.2, 0.25) is 47.3 Å². The van der Waals surface area contributed by atoms with Gasteiger partial charge in [0.05, 0.1) is 31.4 Å². The van der Waals surface area contributed by atoms with Crippen LogP contribution in [0.15, 0.2) is 24.3 Å². The van der Waals surface area contributed by atoms with Gasteiger partial charge in [-0.25, -0.2) is 4.79 Å². The summed E-state index contributed by atoms with van der Waals surface area (Å²) in [5.74, 6) is -13.0. The summed E-state index contributed by atoms with van der Waals surface area (Å²) in [5, 5.41) is 59.9. The fraction of sp³-hybridized carbons (Fsp3) is 0.575. The van der Waals surface area contributed by atoms with Crippen LogP contribution in [0.3, 0.4) is 0 Å². The number of hydrogen-bond donors (Lipinski definition) is 12. The molecule has 2 aliphatic heterocycles. The van der Waals surface area contributed by atoms with Crippen molar-refractivity contribution in [1.82, 2.24) is 36.4 Å². The number of carboxylic acids is 3. The molecule has 358 valence electrons. The van der Waals surface area contributed by atoms with E-state index in [2.05, 4.69) is 21.3 Å². The summed E-state index contributed by atoms with van der Waals surface area (Å²) in [6.45, 7) is 4.36. The Morgan fingerprint density at radius 3 is 1.66 bits per heavy atom. The number of hydrogen-bond acceptors (Lipinski definition) is 14. The van der Waals surface area contributed by atoms with Gasteiger partial charge < -0.3 is 73.4 Å². The molecule has 0 radical (unpaired) electrons. The van der Waals surface area contributed by atoms with Crippen LogP contribution in [0.2, 0.25) is 0 Å². The van der Waals surface area contributed by atoms with Crippen molar-refractivity contribution in [1.29, 1.82) is 0 Å². The Morgan fingerprint density at radius 2 is 1.17 bits per heavy atom. The third kappa shape index (κ3) is 15.1. The van der Waals surface area contributed by atoms with E-state index in [9.17, 15) is 73.2 Å². The van der Waals surface area contributed by atoms with Crippen LogP contribution in [0.1, 0.15) is 71.3 Å². The van der Waals surface area contributed by atoms with Crippen molar-refractivity contribution in [3.8, 4) is 5.75 Å². The van der Waals surface area contributed by atoms with Crippen LogP contribution < -0.4 is 38.1 Å². The molecule has 25 nitrogen and oxygen atoms in total. The molecule has 65 heavy (non-hydrogen) atoms. The van der Waals surface area contributed by atoms with Crippen molar-refractivity contribution in [3.05, 3.63) is 29.8 Å². The average Bonchev–Trinajstić information content (AvgIpc) is 3.92. The number of amides is 8. The fourth-order valence-corrected chi connectivity index (χ4v) is 7.35. The van der Waals surface area contributed by atoms with E-state index in [0.717, 1.165) is 9.80 Å². The van der Waals surface area contributed by atoms with Gasteiger partial charge in [-0.15, -0.1) is 0 Å². The number of likely N-dealkylation sites (tertiary alicyclic amines) is 2. The normalized spacial score (nSPS) is 19.0. The highest BCUT2D eigenvalue weighted by Crippen LogP contribution is 2.23. The van der Waals surface area contributed by atoms with E-state index in [1.165, 1.54) is 31.2 Å². The zero-order chi connectivity index (χ0) is 48.9. The molecule has 2 heterocycles. The molecule has 0 bridgehead atoms. The largest absolute Gasteiger partial charge is 0.508 e.